The molecule has 2 N–H and O–H groups in total. The maximum Gasteiger partial charge on any atom is 0.354 e. The molecule has 7 heteroatoms. The van der Waals surface area contributed by atoms with E-state index in [4.69, 9.17) is 0 Å². The van der Waals surface area contributed by atoms with Crippen LogP contribution < -0.4 is 5.56 Å². The fourth-order valence-corrected chi connectivity index (χ4v) is 2.84. The molecule has 0 unspecified atom stereocenters. The molecule has 112 valence electrons. The summed E-state index contributed by atoms with van der Waals surface area (Å²) in [6.45, 7) is 1.84. The van der Waals surface area contributed by atoms with Crippen molar-refractivity contribution < 1.29 is 9.53 Å². The summed E-state index contributed by atoms with van der Waals surface area (Å²) in [6, 6.07) is 5.16. The third-order valence-electron chi connectivity index (χ3n) is 3.19. The number of hydrogen-bond acceptors (Lipinski definition) is 5. The highest BCUT2D eigenvalue weighted by molar-refractivity contribution is 7.16. The minimum absolute atomic E-state index is 0.157. The molecule has 0 radical (unpaired) electrons. The van der Waals surface area contributed by atoms with Gasteiger partial charge in [-0.1, -0.05) is 0 Å². The van der Waals surface area contributed by atoms with Crippen molar-refractivity contribution in [1.29, 1.82) is 0 Å². The fourth-order valence-electron chi connectivity index (χ4n) is 2.08. The van der Waals surface area contributed by atoms with Gasteiger partial charge in [0.15, 0.2) is 0 Å². The van der Waals surface area contributed by atoms with Crippen LogP contribution in [0.25, 0.3) is 21.9 Å². The number of rotatable bonds is 3. The number of allylic oxidation sites excluding steroid dienone is 1. The van der Waals surface area contributed by atoms with Crippen molar-refractivity contribution in [3.8, 4) is 0 Å². The summed E-state index contributed by atoms with van der Waals surface area (Å²) in [5.74, 6) is 0.0815. The molecule has 22 heavy (non-hydrogen) atoms. The van der Waals surface area contributed by atoms with E-state index < -0.39 is 5.97 Å². The number of nitrogens with one attached hydrogen (secondary N) is 2. The standard InChI is InChI=1S/C15H13N3O3S/c1-8(7-9-3-4-11(16-9)15(20)21-2)12-17-13(19)10-5-6-22-14(10)18-12/h3-7,16H,1-2H3,(H,17,18,19)/b8-7+. The van der Waals surface area contributed by atoms with Gasteiger partial charge >= 0.3 is 5.97 Å². The number of carbonyl (C=O) groups excluding carboxylic acids is 1. The van der Waals surface area contributed by atoms with Crippen LogP contribution >= 0.6 is 11.3 Å². The Hall–Kier alpha value is -2.67. The Morgan fingerprint density at radius 1 is 1.32 bits per heavy atom. The Kier molecular flexibility index (Phi) is 3.64. The van der Waals surface area contributed by atoms with Crippen molar-refractivity contribution in [3.05, 3.63) is 51.1 Å². The maximum atomic E-state index is 12.0. The van der Waals surface area contributed by atoms with E-state index in [-0.39, 0.29) is 5.56 Å². The number of fused-ring (bicyclic) bond motifs is 1. The molecular weight excluding hydrogens is 302 g/mol. The molecule has 3 rings (SSSR count). The molecule has 0 aromatic carbocycles. The summed E-state index contributed by atoms with van der Waals surface area (Å²) in [7, 11) is 1.33. The van der Waals surface area contributed by atoms with Crippen LogP contribution in [0.15, 0.2) is 28.4 Å². The van der Waals surface area contributed by atoms with Gasteiger partial charge in [-0.05, 0) is 42.2 Å². The van der Waals surface area contributed by atoms with E-state index in [2.05, 4.69) is 19.7 Å². The maximum absolute atomic E-state index is 12.0. The molecule has 0 aliphatic carbocycles. The molecule has 0 aliphatic rings. The first-order valence-electron chi connectivity index (χ1n) is 6.52. The third kappa shape index (κ3) is 2.58. The average Bonchev–Trinajstić information content (AvgIpc) is 3.15. The van der Waals surface area contributed by atoms with Gasteiger partial charge in [0.05, 0.1) is 12.5 Å². The zero-order chi connectivity index (χ0) is 15.7. The second-order valence-electron chi connectivity index (χ2n) is 4.70. The third-order valence-corrected chi connectivity index (χ3v) is 4.00. The highest BCUT2D eigenvalue weighted by atomic mass is 32.1. The largest absolute Gasteiger partial charge is 0.464 e. The van der Waals surface area contributed by atoms with Gasteiger partial charge in [-0.15, -0.1) is 11.3 Å². The number of methoxy groups -OCH3 is 1. The lowest BCUT2D eigenvalue weighted by Gasteiger charge is -2.00. The predicted molar refractivity (Wildman–Crippen MR) is 85.9 cm³/mol. The van der Waals surface area contributed by atoms with Crippen LogP contribution in [0.2, 0.25) is 0 Å². The van der Waals surface area contributed by atoms with Gasteiger partial charge in [-0.3, -0.25) is 4.79 Å². The number of nitrogens with zero attached hydrogens (tertiary/aromatic N) is 1. The molecule has 0 saturated carbocycles. The molecule has 3 aromatic rings. The number of esters is 1. The van der Waals surface area contributed by atoms with E-state index >= 15 is 0 Å². The molecule has 0 amide bonds. The van der Waals surface area contributed by atoms with Crippen molar-refractivity contribution >= 4 is 39.2 Å². The molecule has 0 fully saturated rings. The van der Waals surface area contributed by atoms with Gasteiger partial charge in [0.1, 0.15) is 16.3 Å². The van der Waals surface area contributed by atoms with E-state index in [1.807, 2.05) is 18.4 Å². The molecule has 0 atom stereocenters. The SMILES string of the molecule is COC(=O)c1ccc(/C=C(\C)c2nc3sccc3c(=O)[nH]2)[nH]1. The van der Waals surface area contributed by atoms with Crippen LogP contribution in [-0.2, 0) is 4.74 Å². The molecular formula is C15H13N3O3S. The van der Waals surface area contributed by atoms with E-state index in [1.165, 1.54) is 18.4 Å². The zero-order valence-corrected chi connectivity index (χ0v) is 12.8. The van der Waals surface area contributed by atoms with Crippen molar-refractivity contribution in [2.45, 2.75) is 6.92 Å². The molecule has 0 saturated heterocycles. The first-order chi connectivity index (χ1) is 10.6. The first-order valence-corrected chi connectivity index (χ1v) is 7.40. The Morgan fingerprint density at radius 3 is 2.91 bits per heavy atom. The summed E-state index contributed by atoms with van der Waals surface area (Å²) in [5.41, 5.74) is 1.73. The second-order valence-corrected chi connectivity index (χ2v) is 5.59. The Labute approximate surface area is 129 Å². The van der Waals surface area contributed by atoms with Crippen LogP contribution in [0, 0.1) is 0 Å². The number of aromatic nitrogens is 3. The predicted octanol–water partition coefficient (Wildman–Crippen LogP) is 2.66. The van der Waals surface area contributed by atoms with E-state index in [1.54, 1.807) is 18.2 Å². The lowest BCUT2D eigenvalue weighted by atomic mass is 10.2. The van der Waals surface area contributed by atoms with Crippen molar-refractivity contribution in [3.63, 3.8) is 0 Å². The molecule has 3 heterocycles. The number of H-pyrrole nitrogens is 2. The van der Waals surface area contributed by atoms with Gasteiger partial charge in [0.25, 0.3) is 5.56 Å². The minimum Gasteiger partial charge on any atom is -0.464 e. The van der Waals surface area contributed by atoms with Crippen LogP contribution in [-0.4, -0.2) is 28.0 Å². The van der Waals surface area contributed by atoms with Crippen LogP contribution in [0.5, 0.6) is 0 Å². The lowest BCUT2D eigenvalue weighted by molar-refractivity contribution is 0.0595. The summed E-state index contributed by atoms with van der Waals surface area (Å²) in [5, 5.41) is 2.43. The van der Waals surface area contributed by atoms with Crippen LogP contribution in [0.3, 0.4) is 0 Å². The Balaban J connectivity index is 1.97. The Morgan fingerprint density at radius 2 is 2.14 bits per heavy atom. The number of thiophene rings is 1. The molecule has 0 bridgehead atoms. The first kappa shape index (κ1) is 14.3. The van der Waals surface area contributed by atoms with Gasteiger partial charge in [0.2, 0.25) is 0 Å². The number of carbonyl (C=O) groups is 1. The Bertz CT molecular complexity index is 933. The van der Waals surface area contributed by atoms with Gasteiger partial charge in [0, 0.05) is 5.69 Å². The summed E-state index contributed by atoms with van der Waals surface area (Å²) >= 11 is 1.42. The lowest BCUT2D eigenvalue weighted by Crippen LogP contribution is -2.09. The quantitative estimate of drug-likeness (QED) is 0.727. The second kappa shape index (κ2) is 5.61. The summed E-state index contributed by atoms with van der Waals surface area (Å²) in [6.07, 6.45) is 1.81. The van der Waals surface area contributed by atoms with E-state index in [0.717, 1.165) is 11.3 Å². The number of hydrogen-bond donors (Lipinski definition) is 2. The highest BCUT2D eigenvalue weighted by Crippen LogP contribution is 2.18. The average molecular weight is 315 g/mol. The van der Waals surface area contributed by atoms with Crippen molar-refractivity contribution in [1.82, 2.24) is 15.0 Å². The zero-order valence-electron chi connectivity index (χ0n) is 12.0. The van der Waals surface area contributed by atoms with Crippen molar-refractivity contribution in [2.24, 2.45) is 0 Å². The number of ether oxygens (including phenoxy) is 1. The van der Waals surface area contributed by atoms with E-state index in [9.17, 15) is 9.59 Å². The highest BCUT2D eigenvalue weighted by Gasteiger charge is 2.09. The molecule has 3 aromatic heterocycles. The summed E-state index contributed by atoms with van der Waals surface area (Å²) < 4.78 is 4.64. The summed E-state index contributed by atoms with van der Waals surface area (Å²) in [4.78, 5) is 34.2. The van der Waals surface area contributed by atoms with Crippen molar-refractivity contribution in [2.75, 3.05) is 7.11 Å². The normalized spacial score (nSPS) is 11.8. The van der Waals surface area contributed by atoms with Gasteiger partial charge < -0.3 is 14.7 Å². The molecule has 0 aliphatic heterocycles. The topological polar surface area (TPSA) is 87.8 Å². The smallest absolute Gasteiger partial charge is 0.354 e. The van der Waals surface area contributed by atoms with Gasteiger partial charge in [-0.25, -0.2) is 9.78 Å². The minimum atomic E-state index is -0.427. The molecule has 6 nitrogen and oxygen atoms in total. The van der Waals surface area contributed by atoms with Crippen LogP contribution in [0.1, 0.15) is 28.9 Å². The van der Waals surface area contributed by atoms with E-state index in [0.29, 0.717) is 21.7 Å². The van der Waals surface area contributed by atoms with Gasteiger partial charge in [-0.2, -0.15) is 0 Å². The molecule has 0 spiro atoms. The fraction of sp³-hybridized carbons (Fsp3) is 0.133. The van der Waals surface area contributed by atoms with Crippen LogP contribution in [0.4, 0.5) is 0 Å². The monoisotopic (exact) mass is 315 g/mol. The number of aromatic amines is 2.